The van der Waals surface area contributed by atoms with Crippen molar-refractivity contribution in [2.75, 3.05) is 13.1 Å². The first-order valence-electron chi connectivity index (χ1n) is 10.0. The highest BCUT2D eigenvalue weighted by atomic mass is 16.1. The van der Waals surface area contributed by atoms with Crippen LogP contribution in [-0.2, 0) is 13.6 Å². The van der Waals surface area contributed by atoms with E-state index >= 15 is 0 Å². The van der Waals surface area contributed by atoms with Crippen LogP contribution in [0.25, 0.3) is 16.9 Å². The maximum atomic E-state index is 11.5. The molecule has 0 aliphatic carbocycles. The highest BCUT2D eigenvalue weighted by Gasteiger charge is 2.25. The molecule has 0 spiro atoms. The average Bonchev–Trinajstić information content (AvgIpc) is 3.21. The Labute approximate surface area is 173 Å². The van der Waals surface area contributed by atoms with Gasteiger partial charge < -0.3 is 4.57 Å². The van der Waals surface area contributed by atoms with Crippen LogP contribution in [0.4, 0.5) is 0 Å². The largest absolute Gasteiger partial charge is 0.315 e. The normalized spacial score (nSPS) is 15.6. The minimum Gasteiger partial charge on any atom is -0.315 e. The number of piperidine rings is 1. The fourth-order valence-electron chi connectivity index (χ4n) is 3.94. The topological polar surface area (TPSA) is 94.1 Å². The van der Waals surface area contributed by atoms with Crippen molar-refractivity contribution in [3.63, 3.8) is 0 Å². The quantitative estimate of drug-likeness (QED) is 0.512. The maximum absolute atomic E-state index is 11.5. The predicted molar refractivity (Wildman–Crippen MR) is 111 cm³/mol. The number of rotatable bonds is 4. The first-order valence-corrected chi connectivity index (χ1v) is 10.0. The van der Waals surface area contributed by atoms with Gasteiger partial charge in [0.1, 0.15) is 0 Å². The zero-order chi connectivity index (χ0) is 20.5. The maximum Gasteiger partial charge on any atom is 0.268 e. The van der Waals surface area contributed by atoms with E-state index in [-0.39, 0.29) is 5.56 Å². The van der Waals surface area contributed by atoms with Gasteiger partial charge in [-0.15, -0.1) is 10.2 Å². The Hall–Kier alpha value is -3.46. The number of aromatic nitrogens is 7. The summed E-state index contributed by atoms with van der Waals surface area (Å²) in [6.45, 7) is 2.61. The van der Waals surface area contributed by atoms with Crippen LogP contribution >= 0.6 is 0 Å². The van der Waals surface area contributed by atoms with Crippen molar-refractivity contribution < 1.29 is 0 Å². The molecule has 5 heterocycles. The molecule has 0 aromatic carbocycles. The van der Waals surface area contributed by atoms with Crippen LogP contribution in [0.15, 0.2) is 53.8 Å². The highest BCUT2D eigenvalue weighted by Crippen LogP contribution is 2.28. The Bertz CT molecular complexity index is 1220. The van der Waals surface area contributed by atoms with Gasteiger partial charge in [-0.05, 0) is 50.2 Å². The summed E-state index contributed by atoms with van der Waals surface area (Å²) in [6.07, 6.45) is 8.71. The van der Waals surface area contributed by atoms with E-state index in [0.29, 0.717) is 5.92 Å². The van der Waals surface area contributed by atoms with Crippen LogP contribution in [-0.4, -0.2) is 52.3 Å². The van der Waals surface area contributed by atoms with Crippen molar-refractivity contribution in [2.24, 2.45) is 7.05 Å². The molecular weight excluding hydrogens is 380 g/mol. The van der Waals surface area contributed by atoms with Gasteiger partial charge in [-0.2, -0.15) is 9.61 Å². The summed E-state index contributed by atoms with van der Waals surface area (Å²) in [7, 11) is 1.75. The van der Waals surface area contributed by atoms with Crippen LogP contribution in [0.3, 0.4) is 0 Å². The van der Waals surface area contributed by atoms with Crippen LogP contribution in [0.2, 0.25) is 0 Å². The second kappa shape index (κ2) is 7.75. The van der Waals surface area contributed by atoms with Crippen molar-refractivity contribution in [2.45, 2.75) is 25.3 Å². The summed E-state index contributed by atoms with van der Waals surface area (Å²) in [4.78, 5) is 22.3. The Morgan fingerprint density at radius 2 is 1.97 bits per heavy atom. The number of likely N-dealkylation sites (tertiary alicyclic amines) is 1. The fraction of sp³-hybridized carbons (Fsp3) is 0.333. The fourth-order valence-corrected chi connectivity index (χ4v) is 3.94. The SMILES string of the molecule is Cn1cc(CN2CCC(c3nnc4ccc(-c5cccnc5)nn34)CC2)ncc1=O. The molecule has 9 heteroatoms. The number of nitrogens with zero attached hydrogens (tertiary/aromatic N) is 8. The molecule has 0 amide bonds. The second-order valence-corrected chi connectivity index (χ2v) is 7.67. The molecule has 152 valence electrons. The number of pyridine rings is 1. The Balaban J connectivity index is 1.32. The van der Waals surface area contributed by atoms with Gasteiger partial charge >= 0.3 is 0 Å². The summed E-state index contributed by atoms with van der Waals surface area (Å²) in [6, 6.07) is 7.81. The third kappa shape index (κ3) is 3.59. The molecule has 30 heavy (non-hydrogen) atoms. The lowest BCUT2D eigenvalue weighted by Gasteiger charge is -2.30. The lowest BCUT2D eigenvalue weighted by atomic mass is 9.96. The lowest BCUT2D eigenvalue weighted by molar-refractivity contribution is 0.198. The molecule has 0 saturated carbocycles. The van der Waals surface area contributed by atoms with E-state index in [4.69, 9.17) is 5.10 Å². The molecule has 1 fully saturated rings. The molecule has 0 unspecified atom stereocenters. The van der Waals surface area contributed by atoms with Crippen molar-refractivity contribution in [3.05, 3.63) is 70.9 Å². The van der Waals surface area contributed by atoms with E-state index in [1.165, 1.54) is 6.20 Å². The van der Waals surface area contributed by atoms with Gasteiger partial charge in [-0.25, -0.2) is 0 Å². The smallest absolute Gasteiger partial charge is 0.268 e. The average molecular weight is 402 g/mol. The Kier molecular flexibility index (Phi) is 4.80. The van der Waals surface area contributed by atoms with Crippen molar-refractivity contribution >= 4 is 5.65 Å². The van der Waals surface area contributed by atoms with Gasteiger partial charge in [0.05, 0.1) is 17.6 Å². The molecule has 1 saturated heterocycles. The zero-order valence-corrected chi connectivity index (χ0v) is 16.7. The molecule has 0 N–H and O–H groups in total. The molecule has 4 aromatic heterocycles. The van der Waals surface area contributed by atoms with E-state index in [2.05, 4.69) is 25.1 Å². The monoisotopic (exact) mass is 402 g/mol. The second-order valence-electron chi connectivity index (χ2n) is 7.67. The first kappa shape index (κ1) is 18.6. The van der Waals surface area contributed by atoms with Gasteiger partial charge in [-0.3, -0.25) is 19.7 Å². The molecule has 4 aromatic rings. The summed E-state index contributed by atoms with van der Waals surface area (Å²) in [5, 5.41) is 13.5. The molecule has 1 aliphatic heterocycles. The molecule has 9 nitrogen and oxygen atoms in total. The van der Waals surface area contributed by atoms with Gasteiger partial charge in [0.15, 0.2) is 11.5 Å². The molecule has 0 radical (unpaired) electrons. The van der Waals surface area contributed by atoms with E-state index < -0.39 is 0 Å². The molecule has 5 rings (SSSR count). The van der Waals surface area contributed by atoms with Gasteiger partial charge in [0.25, 0.3) is 5.56 Å². The van der Waals surface area contributed by atoms with E-state index in [1.54, 1.807) is 17.8 Å². The van der Waals surface area contributed by atoms with E-state index in [0.717, 1.165) is 60.9 Å². The van der Waals surface area contributed by atoms with E-state index in [1.807, 2.05) is 41.2 Å². The number of aryl methyl sites for hydroxylation is 1. The van der Waals surface area contributed by atoms with Crippen LogP contribution in [0.5, 0.6) is 0 Å². The zero-order valence-electron chi connectivity index (χ0n) is 16.7. The van der Waals surface area contributed by atoms with Crippen LogP contribution in [0, 0.1) is 0 Å². The Morgan fingerprint density at radius 3 is 2.73 bits per heavy atom. The van der Waals surface area contributed by atoms with Crippen LogP contribution in [0.1, 0.15) is 30.3 Å². The van der Waals surface area contributed by atoms with Gasteiger partial charge in [0, 0.05) is 43.7 Å². The van der Waals surface area contributed by atoms with Crippen molar-refractivity contribution in [1.82, 2.24) is 39.2 Å². The first-order chi connectivity index (χ1) is 14.7. The van der Waals surface area contributed by atoms with Crippen molar-refractivity contribution in [1.29, 1.82) is 0 Å². The van der Waals surface area contributed by atoms with Crippen LogP contribution < -0.4 is 5.56 Å². The summed E-state index contributed by atoms with van der Waals surface area (Å²) in [5.41, 5.74) is 3.41. The Morgan fingerprint density at radius 1 is 1.10 bits per heavy atom. The molecule has 0 bridgehead atoms. The minimum absolute atomic E-state index is 0.0886. The molecule has 1 aliphatic rings. The number of fused-ring (bicyclic) bond motifs is 1. The summed E-state index contributed by atoms with van der Waals surface area (Å²) in [5.74, 6) is 1.22. The van der Waals surface area contributed by atoms with Gasteiger partial charge in [0.2, 0.25) is 0 Å². The highest BCUT2D eigenvalue weighted by molar-refractivity contribution is 5.58. The third-order valence-corrected chi connectivity index (χ3v) is 5.61. The van der Waals surface area contributed by atoms with Gasteiger partial charge in [-0.1, -0.05) is 0 Å². The van der Waals surface area contributed by atoms with Crippen molar-refractivity contribution in [3.8, 4) is 11.3 Å². The third-order valence-electron chi connectivity index (χ3n) is 5.61. The molecular formula is C21H22N8O. The lowest BCUT2D eigenvalue weighted by Crippen LogP contribution is -2.34. The minimum atomic E-state index is -0.0886. The van der Waals surface area contributed by atoms with E-state index in [9.17, 15) is 4.79 Å². The predicted octanol–water partition coefficient (Wildman–Crippen LogP) is 1.66. The molecule has 0 atom stereocenters. The summed E-state index contributed by atoms with van der Waals surface area (Å²) < 4.78 is 3.44. The standard InChI is InChI=1S/C21H22N8O/c1-27-13-17(23-12-20(27)30)14-28-9-6-15(7-10-28)21-25-24-19-5-4-18(26-29(19)21)16-3-2-8-22-11-16/h2-5,8,11-13,15H,6-7,9-10,14H2,1H3. The summed E-state index contributed by atoms with van der Waals surface area (Å²) >= 11 is 0. The number of hydrogen-bond donors (Lipinski definition) is 0. The number of hydrogen-bond acceptors (Lipinski definition) is 7.